The topological polar surface area (TPSA) is 41.8 Å². The first kappa shape index (κ1) is 14.8. The summed E-state index contributed by atoms with van der Waals surface area (Å²) in [5, 5.41) is 4.62. The van der Waals surface area contributed by atoms with Crippen LogP contribution >= 0.6 is 12.2 Å². The standard InChI is InChI=1S/C15H25N5S/c1-4-8-18-9-6-12(7-10-18)20-14-13(16-15(20)21)11(3)17-19(14)5-2/h12H,4-10H2,1-3H3,(H,16,21). The van der Waals surface area contributed by atoms with E-state index < -0.39 is 0 Å². The quantitative estimate of drug-likeness (QED) is 0.882. The molecule has 3 rings (SSSR count). The number of imidazole rings is 1. The Labute approximate surface area is 130 Å². The van der Waals surface area contributed by atoms with Crippen LogP contribution in [0.25, 0.3) is 11.2 Å². The van der Waals surface area contributed by atoms with Gasteiger partial charge in [-0.1, -0.05) is 6.92 Å². The summed E-state index contributed by atoms with van der Waals surface area (Å²) in [6, 6.07) is 0.501. The molecular weight excluding hydrogens is 282 g/mol. The monoisotopic (exact) mass is 307 g/mol. The number of aromatic amines is 1. The largest absolute Gasteiger partial charge is 0.328 e. The van der Waals surface area contributed by atoms with E-state index in [0.29, 0.717) is 6.04 Å². The Kier molecular flexibility index (Phi) is 4.17. The van der Waals surface area contributed by atoms with Crippen LogP contribution in [0.4, 0.5) is 0 Å². The van der Waals surface area contributed by atoms with Gasteiger partial charge in [-0.3, -0.25) is 4.57 Å². The fraction of sp³-hybridized carbons (Fsp3) is 0.733. The second-order valence-corrected chi connectivity index (χ2v) is 6.36. The molecule has 0 amide bonds. The first-order valence-electron chi connectivity index (χ1n) is 8.05. The molecule has 1 fully saturated rings. The minimum Gasteiger partial charge on any atom is -0.328 e. The predicted octanol–water partition coefficient (Wildman–Crippen LogP) is 3.27. The molecule has 0 spiro atoms. The van der Waals surface area contributed by atoms with Gasteiger partial charge in [0, 0.05) is 25.7 Å². The van der Waals surface area contributed by atoms with E-state index >= 15 is 0 Å². The number of hydrogen-bond donors (Lipinski definition) is 1. The summed E-state index contributed by atoms with van der Waals surface area (Å²) in [5.74, 6) is 0. The maximum atomic E-state index is 5.59. The number of aromatic nitrogens is 4. The number of H-pyrrole nitrogens is 1. The third-order valence-electron chi connectivity index (χ3n) is 4.54. The number of nitrogens with zero attached hydrogens (tertiary/aromatic N) is 4. The van der Waals surface area contributed by atoms with Crippen LogP contribution in [-0.2, 0) is 6.54 Å². The summed E-state index contributed by atoms with van der Waals surface area (Å²) in [6.07, 6.45) is 3.59. The van der Waals surface area contributed by atoms with E-state index in [0.717, 1.165) is 22.5 Å². The minimum atomic E-state index is 0.501. The van der Waals surface area contributed by atoms with Crippen molar-refractivity contribution in [3.63, 3.8) is 0 Å². The predicted molar refractivity (Wildman–Crippen MR) is 88.3 cm³/mol. The van der Waals surface area contributed by atoms with Gasteiger partial charge in [0.15, 0.2) is 10.4 Å². The van der Waals surface area contributed by atoms with Crippen molar-refractivity contribution >= 4 is 23.4 Å². The van der Waals surface area contributed by atoms with Crippen LogP contribution in [-0.4, -0.2) is 43.9 Å². The molecule has 0 aliphatic carbocycles. The lowest BCUT2D eigenvalue weighted by molar-refractivity contribution is 0.187. The number of aryl methyl sites for hydroxylation is 2. The number of rotatable bonds is 4. The minimum absolute atomic E-state index is 0.501. The van der Waals surface area contributed by atoms with Gasteiger partial charge in [0.25, 0.3) is 0 Å². The van der Waals surface area contributed by atoms with E-state index in [1.807, 2.05) is 6.92 Å². The third-order valence-corrected chi connectivity index (χ3v) is 4.84. The molecule has 1 saturated heterocycles. The number of likely N-dealkylation sites (tertiary alicyclic amines) is 1. The highest BCUT2D eigenvalue weighted by molar-refractivity contribution is 7.71. The molecule has 0 unspecified atom stereocenters. The molecule has 21 heavy (non-hydrogen) atoms. The summed E-state index contributed by atoms with van der Waals surface area (Å²) in [5.41, 5.74) is 3.33. The fourth-order valence-electron chi connectivity index (χ4n) is 3.50. The van der Waals surface area contributed by atoms with Crippen LogP contribution in [0, 0.1) is 11.7 Å². The van der Waals surface area contributed by atoms with Gasteiger partial charge >= 0.3 is 0 Å². The number of nitrogens with one attached hydrogen (secondary N) is 1. The summed E-state index contributed by atoms with van der Waals surface area (Å²) < 4.78 is 5.24. The number of piperidine rings is 1. The Bertz CT molecular complexity index is 672. The maximum Gasteiger partial charge on any atom is 0.179 e. The highest BCUT2D eigenvalue weighted by Gasteiger charge is 2.24. The molecule has 1 aliphatic rings. The smallest absolute Gasteiger partial charge is 0.179 e. The van der Waals surface area contributed by atoms with Gasteiger partial charge in [0.2, 0.25) is 0 Å². The Balaban J connectivity index is 1.94. The van der Waals surface area contributed by atoms with Crippen LogP contribution in [0.2, 0.25) is 0 Å². The zero-order valence-corrected chi connectivity index (χ0v) is 14.0. The highest BCUT2D eigenvalue weighted by Crippen LogP contribution is 2.28. The maximum absolute atomic E-state index is 5.59. The molecule has 2 aromatic heterocycles. The van der Waals surface area contributed by atoms with E-state index in [1.165, 1.54) is 44.5 Å². The third kappa shape index (κ3) is 2.55. The fourth-order valence-corrected chi connectivity index (χ4v) is 3.84. The van der Waals surface area contributed by atoms with Crippen LogP contribution < -0.4 is 0 Å². The van der Waals surface area contributed by atoms with Crippen molar-refractivity contribution in [2.24, 2.45) is 0 Å². The molecule has 0 atom stereocenters. The van der Waals surface area contributed by atoms with Crippen LogP contribution in [0.3, 0.4) is 0 Å². The van der Waals surface area contributed by atoms with Gasteiger partial charge in [-0.2, -0.15) is 5.10 Å². The van der Waals surface area contributed by atoms with Gasteiger partial charge < -0.3 is 9.88 Å². The molecule has 1 aliphatic heterocycles. The zero-order chi connectivity index (χ0) is 15.0. The lowest BCUT2D eigenvalue weighted by Gasteiger charge is -2.32. The molecule has 0 saturated carbocycles. The van der Waals surface area contributed by atoms with Crippen molar-refractivity contribution in [3.8, 4) is 0 Å². The second kappa shape index (κ2) is 5.93. The van der Waals surface area contributed by atoms with Crippen LogP contribution in [0.5, 0.6) is 0 Å². The van der Waals surface area contributed by atoms with Gasteiger partial charge in [0.1, 0.15) is 5.52 Å². The van der Waals surface area contributed by atoms with Crippen molar-refractivity contribution in [2.45, 2.75) is 52.6 Å². The average Bonchev–Trinajstić information content (AvgIpc) is 2.97. The molecule has 0 radical (unpaired) electrons. The van der Waals surface area contributed by atoms with Crippen molar-refractivity contribution in [1.29, 1.82) is 0 Å². The Hall–Kier alpha value is -1.14. The summed E-state index contributed by atoms with van der Waals surface area (Å²) in [6.45, 7) is 10.9. The van der Waals surface area contributed by atoms with E-state index in [-0.39, 0.29) is 0 Å². The van der Waals surface area contributed by atoms with E-state index in [2.05, 4.69) is 38.1 Å². The van der Waals surface area contributed by atoms with Gasteiger partial charge in [0.05, 0.1) is 5.69 Å². The van der Waals surface area contributed by atoms with E-state index in [4.69, 9.17) is 12.2 Å². The van der Waals surface area contributed by atoms with Crippen molar-refractivity contribution in [1.82, 2.24) is 24.2 Å². The molecule has 6 heteroatoms. The average molecular weight is 307 g/mol. The molecule has 116 valence electrons. The van der Waals surface area contributed by atoms with Crippen LogP contribution in [0.1, 0.15) is 44.8 Å². The number of fused-ring (bicyclic) bond motifs is 1. The summed E-state index contributed by atoms with van der Waals surface area (Å²) in [7, 11) is 0. The van der Waals surface area contributed by atoms with E-state index in [1.54, 1.807) is 0 Å². The lowest BCUT2D eigenvalue weighted by atomic mass is 10.0. The second-order valence-electron chi connectivity index (χ2n) is 5.97. The zero-order valence-electron chi connectivity index (χ0n) is 13.2. The van der Waals surface area contributed by atoms with Crippen molar-refractivity contribution in [2.75, 3.05) is 19.6 Å². The summed E-state index contributed by atoms with van der Waals surface area (Å²) in [4.78, 5) is 5.93. The molecule has 3 heterocycles. The lowest BCUT2D eigenvalue weighted by Crippen LogP contribution is -2.35. The number of hydrogen-bond acceptors (Lipinski definition) is 3. The molecule has 5 nitrogen and oxygen atoms in total. The van der Waals surface area contributed by atoms with Crippen molar-refractivity contribution < 1.29 is 0 Å². The molecule has 1 N–H and O–H groups in total. The normalized spacial score (nSPS) is 17.9. The Morgan fingerprint density at radius 1 is 1.29 bits per heavy atom. The SMILES string of the molecule is CCCN1CCC(n2c(=S)[nH]c3c(C)nn(CC)c32)CC1. The summed E-state index contributed by atoms with van der Waals surface area (Å²) >= 11 is 5.59. The first-order chi connectivity index (χ1) is 10.2. The molecule has 0 aromatic carbocycles. The van der Waals surface area contributed by atoms with Gasteiger partial charge in [-0.15, -0.1) is 0 Å². The van der Waals surface area contributed by atoms with Crippen molar-refractivity contribution in [3.05, 3.63) is 10.5 Å². The molecule has 0 bridgehead atoms. The Morgan fingerprint density at radius 3 is 2.62 bits per heavy atom. The van der Waals surface area contributed by atoms with Crippen LogP contribution in [0.15, 0.2) is 0 Å². The Morgan fingerprint density at radius 2 is 2.00 bits per heavy atom. The van der Waals surface area contributed by atoms with Gasteiger partial charge in [-0.25, -0.2) is 4.68 Å². The van der Waals surface area contributed by atoms with Gasteiger partial charge in [-0.05, 0) is 51.9 Å². The molecule has 2 aromatic rings. The highest BCUT2D eigenvalue weighted by atomic mass is 32.1. The molecular formula is C15H25N5S. The first-order valence-corrected chi connectivity index (χ1v) is 8.46. The van der Waals surface area contributed by atoms with E-state index in [9.17, 15) is 0 Å².